The number of fused-ring (bicyclic) bond motifs is 1. The van der Waals surface area contributed by atoms with Crippen molar-refractivity contribution in [3.63, 3.8) is 0 Å². The van der Waals surface area contributed by atoms with Crippen molar-refractivity contribution in [3.8, 4) is 0 Å². The maximum absolute atomic E-state index is 10.6. The molecule has 2 aromatic heterocycles. The standard InChI is InChI=1S/C18H19NOS/c1-11-6-12(2)15(13(3)7-11)9-17(20)14-8-18-16(19-10-14)4-5-21-18/h4-8,10,17,20H,9H2,1-3H3. The summed E-state index contributed by atoms with van der Waals surface area (Å²) in [6.07, 6.45) is 1.92. The van der Waals surface area contributed by atoms with Crippen LogP contribution in [0.15, 0.2) is 35.8 Å². The minimum absolute atomic E-state index is 0.510. The van der Waals surface area contributed by atoms with Crippen molar-refractivity contribution < 1.29 is 5.11 Å². The molecule has 0 aliphatic carbocycles. The monoisotopic (exact) mass is 297 g/mol. The molecule has 3 aromatic rings. The molecule has 0 amide bonds. The van der Waals surface area contributed by atoms with Crippen molar-refractivity contribution in [2.45, 2.75) is 33.3 Å². The summed E-state index contributed by atoms with van der Waals surface area (Å²) in [4.78, 5) is 4.41. The lowest BCUT2D eigenvalue weighted by Gasteiger charge is -2.16. The van der Waals surface area contributed by atoms with Crippen LogP contribution in [0.25, 0.3) is 10.2 Å². The third kappa shape index (κ3) is 2.85. The van der Waals surface area contributed by atoms with Crippen LogP contribution < -0.4 is 0 Å². The smallest absolute Gasteiger partial charge is 0.0845 e. The molecule has 3 rings (SSSR count). The van der Waals surface area contributed by atoms with Crippen LogP contribution >= 0.6 is 11.3 Å². The molecule has 108 valence electrons. The Morgan fingerprint density at radius 1 is 1.14 bits per heavy atom. The third-order valence-electron chi connectivity index (χ3n) is 3.95. The second-order valence-electron chi connectivity index (χ2n) is 5.67. The van der Waals surface area contributed by atoms with Crippen LogP contribution in [0, 0.1) is 20.8 Å². The molecule has 0 radical (unpaired) electrons. The van der Waals surface area contributed by atoms with E-state index in [0.717, 1.165) is 15.8 Å². The lowest BCUT2D eigenvalue weighted by Crippen LogP contribution is -2.05. The molecule has 1 atom stereocenters. The lowest BCUT2D eigenvalue weighted by atomic mass is 9.93. The van der Waals surface area contributed by atoms with Crippen LogP contribution in [0.4, 0.5) is 0 Å². The first kappa shape index (κ1) is 14.2. The Kier molecular flexibility index (Phi) is 3.79. The number of aromatic nitrogens is 1. The van der Waals surface area contributed by atoms with Crippen molar-refractivity contribution in [1.29, 1.82) is 0 Å². The van der Waals surface area contributed by atoms with E-state index in [9.17, 15) is 5.11 Å². The summed E-state index contributed by atoms with van der Waals surface area (Å²) in [5.41, 5.74) is 6.89. The molecule has 2 nitrogen and oxygen atoms in total. The minimum Gasteiger partial charge on any atom is -0.388 e. The Hall–Kier alpha value is -1.71. The molecule has 1 unspecified atom stereocenters. The number of rotatable bonds is 3. The molecule has 0 aliphatic heterocycles. The average Bonchev–Trinajstić information content (AvgIpc) is 2.89. The van der Waals surface area contributed by atoms with Gasteiger partial charge in [-0.2, -0.15) is 0 Å². The number of aliphatic hydroxyl groups excluding tert-OH is 1. The van der Waals surface area contributed by atoms with Gasteiger partial charge in [-0.15, -0.1) is 11.3 Å². The van der Waals surface area contributed by atoms with Gasteiger partial charge in [0.25, 0.3) is 0 Å². The van der Waals surface area contributed by atoms with Gasteiger partial charge >= 0.3 is 0 Å². The summed E-state index contributed by atoms with van der Waals surface area (Å²) in [6, 6.07) is 8.41. The largest absolute Gasteiger partial charge is 0.388 e. The molecule has 0 saturated carbocycles. The molecule has 2 heterocycles. The molecule has 0 fully saturated rings. The summed E-state index contributed by atoms with van der Waals surface area (Å²) in [6.45, 7) is 6.33. The summed E-state index contributed by atoms with van der Waals surface area (Å²) < 4.78 is 1.13. The number of thiophene rings is 1. The van der Waals surface area contributed by atoms with Crippen LogP contribution in [-0.2, 0) is 6.42 Å². The van der Waals surface area contributed by atoms with E-state index in [0.29, 0.717) is 6.42 Å². The van der Waals surface area contributed by atoms with Crippen LogP contribution in [0.1, 0.15) is 33.9 Å². The molecule has 0 aliphatic rings. The maximum atomic E-state index is 10.6. The highest BCUT2D eigenvalue weighted by Crippen LogP contribution is 2.27. The van der Waals surface area contributed by atoms with Crippen LogP contribution in [0.2, 0.25) is 0 Å². The molecule has 3 heteroatoms. The number of aliphatic hydroxyl groups is 1. The first-order chi connectivity index (χ1) is 10.0. The summed E-state index contributed by atoms with van der Waals surface area (Å²) in [5.74, 6) is 0. The van der Waals surface area contributed by atoms with Gasteiger partial charge in [0.1, 0.15) is 0 Å². The van der Waals surface area contributed by atoms with E-state index in [2.05, 4.69) is 44.0 Å². The summed E-state index contributed by atoms with van der Waals surface area (Å²) in [5, 5.41) is 12.6. The Morgan fingerprint density at radius 2 is 1.86 bits per heavy atom. The highest BCUT2D eigenvalue weighted by atomic mass is 32.1. The van der Waals surface area contributed by atoms with E-state index in [1.807, 2.05) is 11.4 Å². The first-order valence-electron chi connectivity index (χ1n) is 7.12. The molecular weight excluding hydrogens is 278 g/mol. The van der Waals surface area contributed by atoms with Crippen molar-refractivity contribution in [2.75, 3.05) is 0 Å². The quantitative estimate of drug-likeness (QED) is 0.772. The molecule has 1 aromatic carbocycles. The summed E-state index contributed by atoms with van der Waals surface area (Å²) >= 11 is 1.66. The van der Waals surface area contributed by atoms with E-state index in [1.54, 1.807) is 17.5 Å². The fourth-order valence-corrected chi connectivity index (χ4v) is 3.68. The maximum Gasteiger partial charge on any atom is 0.0845 e. The highest BCUT2D eigenvalue weighted by Gasteiger charge is 2.13. The molecule has 21 heavy (non-hydrogen) atoms. The van der Waals surface area contributed by atoms with Gasteiger partial charge in [-0.05, 0) is 55.0 Å². The molecule has 0 spiro atoms. The average molecular weight is 297 g/mol. The van der Waals surface area contributed by atoms with Gasteiger partial charge in [0.05, 0.1) is 16.3 Å². The van der Waals surface area contributed by atoms with Crippen molar-refractivity contribution in [2.24, 2.45) is 0 Å². The van der Waals surface area contributed by atoms with Crippen LogP contribution in [0.5, 0.6) is 0 Å². The second-order valence-corrected chi connectivity index (χ2v) is 6.62. The number of hydrogen-bond donors (Lipinski definition) is 1. The number of hydrogen-bond acceptors (Lipinski definition) is 3. The predicted molar refractivity (Wildman–Crippen MR) is 88.9 cm³/mol. The van der Waals surface area contributed by atoms with Crippen LogP contribution in [-0.4, -0.2) is 10.1 Å². The molecule has 1 N–H and O–H groups in total. The van der Waals surface area contributed by atoms with E-state index < -0.39 is 6.10 Å². The van der Waals surface area contributed by atoms with E-state index in [-0.39, 0.29) is 0 Å². The van der Waals surface area contributed by atoms with Gasteiger partial charge in [-0.3, -0.25) is 4.98 Å². The topological polar surface area (TPSA) is 33.1 Å². The lowest BCUT2D eigenvalue weighted by molar-refractivity contribution is 0.178. The second kappa shape index (κ2) is 5.58. The molecular formula is C18H19NOS. The SMILES string of the molecule is Cc1cc(C)c(CC(O)c2cnc3ccsc3c2)c(C)c1. The van der Waals surface area contributed by atoms with Gasteiger partial charge in [-0.25, -0.2) is 0 Å². The van der Waals surface area contributed by atoms with Crippen molar-refractivity contribution in [1.82, 2.24) is 4.98 Å². The number of aryl methyl sites for hydroxylation is 3. The zero-order valence-electron chi connectivity index (χ0n) is 12.6. The number of nitrogens with zero attached hydrogens (tertiary/aromatic N) is 1. The van der Waals surface area contributed by atoms with E-state index in [1.165, 1.54) is 22.3 Å². The van der Waals surface area contributed by atoms with Gasteiger partial charge in [-0.1, -0.05) is 17.7 Å². The van der Waals surface area contributed by atoms with Gasteiger partial charge in [0.2, 0.25) is 0 Å². The first-order valence-corrected chi connectivity index (χ1v) is 8.00. The van der Waals surface area contributed by atoms with Crippen molar-refractivity contribution >= 4 is 21.6 Å². The Bertz CT molecular complexity index is 768. The fraction of sp³-hybridized carbons (Fsp3) is 0.278. The van der Waals surface area contributed by atoms with Crippen LogP contribution in [0.3, 0.4) is 0 Å². The minimum atomic E-state index is -0.510. The number of pyridine rings is 1. The Morgan fingerprint density at radius 3 is 2.57 bits per heavy atom. The molecule has 0 bridgehead atoms. The zero-order chi connectivity index (χ0) is 15.0. The van der Waals surface area contributed by atoms with Gasteiger partial charge in [0, 0.05) is 18.2 Å². The van der Waals surface area contributed by atoms with Crippen molar-refractivity contribution in [3.05, 3.63) is 63.7 Å². The van der Waals surface area contributed by atoms with E-state index >= 15 is 0 Å². The zero-order valence-corrected chi connectivity index (χ0v) is 13.4. The summed E-state index contributed by atoms with van der Waals surface area (Å²) in [7, 11) is 0. The van der Waals surface area contributed by atoms with E-state index in [4.69, 9.17) is 0 Å². The normalized spacial score (nSPS) is 12.8. The van der Waals surface area contributed by atoms with Gasteiger partial charge < -0.3 is 5.11 Å². The third-order valence-corrected chi connectivity index (χ3v) is 4.80. The highest BCUT2D eigenvalue weighted by molar-refractivity contribution is 7.17. The number of benzene rings is 1. The Balaban J connectivity index is 1.90. The predicted octanol–water partition coefficient (Wildman–Crippen LogP) is 4.50. The van der Waals surface area contributed by atoms with Gasteiger partial charge in [0.15, 0.2) is 0 Å². The molecule has 0 saturated heterocycles. The fourth-order valence-electron chi connectivity index (χ4n) is 2.89. The Labute approximate surface area is 129 Å².